The fraction of sp³-hybridized carbons (Fsp3) is 0.357. The summed E-state index contributed by atoms with van der Waals surface area (Å²) in [6.45, 7) is 3.66. The van der Waals surface area contributed by atoms with Crippen LogP contribution in [0.1, 0.15) is 24.0 Å². The van der Waals surface area contributed by atoms with Crippen molar-refractivity contribution < 1.29 is 13.2 Å². The zero-order chi connectivity index (χ0) is 15.5. The Morgan fingerprint density at radius 1 is 1.19 bits per heavy atom. The van der Waals surface area contributed by atoms with Gasteiger partial charge in [0.25, 0.3) is 0 Å². The van der Waals surface area contributed by atoms with Crippen LogP contribution >= 0.6 is 22.7 Å². The standard InChI is InChI=1S/C14H17NO3S3/c1-10(2)14(16)15-9-12(11-5-3-7-19-11)21(17,18)13-6-4-8-20-13/h3-8,10,12H,9H2,1-2H3,(H,15,16)/t12-/m1/s1. The van der Waals surface area contributed by atoms with Gasteiger partial charge in [0.1, 0.15) is 9.46 Å². The number of nitrogens with one attached hydrogen (secondary N) is 1. The molecule has 0 fully saturated rings. The molecule has 1 amide bonds. The SMILES string of the molecule is CC(C)C(=O)NC[C@H](c1cccs1)S(=O)(=O)c1cccs1. The van der Waals surface area contributed by atoms with E-state index in [4.69, 9.17) is 0 Å². The number of thiophene rings is 2. The molecule has 21 heavy (non-hydrogen) atoms. The molecule has 1 N–H and O–H groups in total. The molecule has 1 atom stereocenters. The van der Waals surface area contributed by atoms with Gasteiger partial charge in [0.15, 0.2) is 9.84 Å². The summed E-state index contributed by atoms with van der Waals surface area (Å²) in [5, 5.41) is 5.58. The molecule has 0 bridgehead atoms. The third-order valence-corrected chi connectivity index (χ3v) is 7.65. The van der Waals surface area contributed by atoms with Crippen molar-refractivity contribution in [1.29, 1.82) is 0 Å². The molecule has 0 spiro atoms. The van der Waals surface area contributed by atoms with Crippen molar-refractivity contribution >= 4 is 38.4 Å². The Morgan fingerprint density at radius 3 is 2.38 bits per heavy atom. The second kappa shape index (κ2) is 6.72. The molecule has 0 unspecified atom stereocenters. The van der Waals surface area contributed by atoms with Gasteiger partial charge < -0.3 is 5.32 Å². The van der Waals surface area contributed by atoms with Gasteiger partial charge in [0.2, 0.25) is 5.91 Å². The van der Waals surface area contributed by atoms with Crippen LogP contribution in [0.3, 0.4) is 0 Å². The highest BCUT2D eigenvalue weighted by molar-refractivity contribution is 7.93. The summed E-state index contributed by atoms with van der Waals surface area (Å²) >= 11 is 2.59. The van der Waals surface area contributed by atoms with Crippen molar-refractivity contribution in [3.63, 3.8) is 0 Å². The summed E-state index contributed by atoms with van der Waals surface area (Å²) in [7, 11) is -3.49. The second-order valence-corrected chi connectivity index (χ2v) is 9.17. The first-order chi connectivity index (χ1) is 9.93. The van der Waals surface area contributed by atoms with Crippen molar-refractivity contribution in [2.45, 2.75) is 23.3 Å². The van der Waals surface area contributed by atoms with Gasteiger partial charge >= 0.3 is 0 Å². The predicted octanol–water partition coefficient (Wildman–Crippen LogP) is 3.10. The number of rotatable bonds is 6. The van der Waals surface area contributed by atoms with Crippen molar-refractivity contribution in [2.75, 3.05) is 6.54 Å². The first-order valence-electron chi connectivity index (χ1n) is 6.51. The molecule has 7 heteroatoms. The minimum Gasteiger partial charge on any atom is -0.354 e. The van der Waals surface area contributed by atoms with Crippen LogP contribution in [-0.2, 0) is 14.6 Å². The van der Waals surface area contributed by atoms with E-state index in [1.807, 2.05) is 11.4 Å². The Hall–Kier alpha value is -1.18. The minimum absolute atomic E-state index is 0.0950. The van der Waals surface area contributed by atoms with Crippen LogP contribution in [0, 0.1) is 5.92 Å². The van der Waals surface area contributed by atoms with E-state index < -0.39 is 15.1 Å². The fourth-order valence-electron chi connectivity index (χ4n) is 1.80. The molecular formula is C14H17NO3S3. The van der Waals surface area contributed by atoms with Gasteiger partial charge in [-0.1, -0.05) is 26.0 Å². The first-order valence-corrected chi connectivity index (χ1v) is 9.82. The highest BCUT2D eigenvalue weighted by Gasteiger charge is 2.31. The van der Waals surface area contributed by atoms with Gasteiger partial charge in [-0.3, -0.25) is 4.79 Å². The number of carbonyl (C=O) groups excluding carboxylic acids is 1. The monoisotopic (exact) mass is 343 g/mol. The molecular weight excluding hydrogens is 326 g/mol. The lowest BCUT2D eigenvalue weighted by Gasteiger charge is -2.17. The predicted molar refractivity (Wildman–Crippen MR) is 86.4 cm³/mol. The number of carbonyl (C=O) groups is 1. The summed E-state index contributed by atoms with van der Waals surface area (Å²) in [5.41, 5.74) is 0. The van der Waals surface area contributed by atoms with Gasteiger partial charge in [-0.2, -0.15) is 0 Å². The minimum atomic E-state index is -3.49. The van der Waals surface area contributed by atoms with Crippen LogP contribution in [0.5, 0.6) is 0 Å². The van der Waals surface area contributed by atoms with E-state index >= 15 is 0 Å². The van der Waals surface area contributed by atoms with Gasteiger partial charge in [0.05, 0.1) is 0 Å². The summed E-state index contributed by atoms with van der Waals surface area (Å²) < 4.78 is 25.8. The molecule has 2 heterocycles. The van der Waals surface area contributed by atoms with Gasteiger partial charge in [-0.15, -0.1) is 22.7 Å². The maximum atomic E-state index is 12.7. The second-order valence-electron chi connectivity index (χ2n) is 4.88. The lowest BCUT2D eigenvalue weighted by Crippen LogP contribution is -2.33. The molecule has 0 radical (unpaired) electrons. The van der Waals surface area contributed by atoms with E-state index in [0.29, 0.717) is 4.21 Å². The molecule has 0 saturated heterocycles. The van der Waals surface area contributed by atoms with Crippen LogP contribution < -0.4 is 5.32 Å². The zero-order valence-corrected chi connectivity index (χ0v) is 14.2. The van der Waals surface area contributed by atoms with E-state index in [2.05, 4.69) is 5.32 Å². The Morgan fingerprint density at radius 2 is 1.86 bits per heavy atom. The van der Waals surface area contributed by atoms with Crippen molar-refractivity contribution in [2.24, 2.45) is 5.92 Å². The highest BCUT2D eigenvalue weighted by atomic mass is 32.2. The topological polar surface area (TPSA) is 63.2 Å². The molecule has 0 saturated carbocycles. The van der Waals surface area contributed by atoms with E-state index in [9.17, 15) is 13.2 Å². The van der Waals surface area contributed by atoms with Crippen molar-refractivity contribution in [3.8, 4) is 0 Å². The maximum Gasteiger partial charge on any atom is 0.222 e. The Balaban J connectivity index is 2.28. The highest BCUT2D eigenvalue weighted by Crippen LogP contribution is 2.33. The van der Waals surface area contributed by atoms with Crippen molar-refractivity contribution in [1.82, 2.24) is 5.32 Å². The molecule has 2 rings (SSSR count). The summed E-state index contributed by atoms with van der Waals surface area (Å²) in [4.78, 5) is 12.5. The molecule has 114 valence electrons. The van der Waals surface area contributed by atoms with Gasteiger partial charge in [0, 0.05) is 17.3 Å². The molecule has 0 aliphatic carbocycles. The Bertz CT molecular complexity index is 673. The van der Waals surface area contributed by atoms with Gasteiger partial charge in [-0.05, 0) is 22.9 Å². The Kier molecular flexibility index (Phi) is 5.18. The third kappa shape index (κ3) is 3.72. The van der Waals surface area contributed by atoms with Crippen LogP contribution in [0.25, 0.3) is 0 Å². The summed E-state index contributed by atoms with van der Waals surface area (Å²) in [6.07, 6.45) is 0. The van der Waals surface area contributed by atoms with Crippen molar-refractivity contribution in [3.05, 3.63) is 39.9 Å². The van der Waals surface area contributed by atoms with Crippen LogP contribution in [-0.4, -0.2) is 20.9 Å². The van der Waals surface area contributed by atoms with E-state index in [1.165, 1.54) is 22.7 Å². The Labute approximate surface area is 132 Å². The fourth-order valence-corrected chi connectivity index (χ4v) is 5.79. The summed E-state index contributed by atoms with van der Waals surface area (Å²) in [5.74, 6) is -0.309. The van der Waals surface area contributed by atoms with Gasteiger partial charge in [-0.25, -0.2) is 8.42 Å². The molecule has 0 aliphatic heterocycles. The van der Waals surface area contributed by atoms with Crippen LogP contribution in [0.15, 0.2) is 39.2 Å². The third-order valence-electron chi connectivity index (χ3n) is 3.00. The number of hydrogen-bond donors (Lipinski definition) is 1. The average molecular weight is 343 g/mol. The van der Waals surface area contributed by atoms with E-state index in [1.54, 1.807) is 37.4 Å². The van der Waals surface area contributed by atoms with Crippen LogP contribution in [0.2, 0.25) is 0 Å². The lowest BCUT2D eigenvalue weighted by atomic mass is 10.2. The van der Waals surface area contributed by atoms with Crippen LogP contribution in [0.4, 0.5) is 0 Å². The quantitative estimate of drug-likeness (QED) is 0.876. The molecule has 2 aromatic rings. The maximum absolute atomic E-state index is 12.7. The van der Waals surface area contributed by atoms with E-state index in [-0.39, 0.29) is 18.4 Å². The lowest BCUT2D eigenvalue weighted by molar-refractivity contribution is -0.123. The normalized spacial score (nSPS) is 13.3. The number of hydrogen-bond acceptors (Lipinski definition) is 5. The molecule has 0 aliphatic rings. The largest absolute Gasteiger partial charge is 0.354 e. The average Bonchev–Trinajstić information content (AvgIpc) is 3.11. The molecule has 2 aromatic heterocycles. The number of amides is 1. The molecule has 4 nitrogen and oxygen atoms in total. The summed E-state index contributed by atoms with van der Waals surface area (Å²) in [6, 6.07) is 6.93. The zero-order valence-electron chi connectivity index (χ0n) is 11.8. The van der Waals surface area contributed by atoms with E-state index in [0.717, 1.165) is 4.88 Å². The number of sulfone groups is 1. The smallest absolute Gasteiger partial charge is 0.222 e. The first kappa shape index (κ1) is 16.2. The molecule has 0 aromatic carbocycles.